The van der Waals surface area contributed by atoms with Gasteiger partial charge >= 0.3 is 0 Å². The number of rotatable bonds is 7. The molecule has 1 fully saturated rings. The molecule has 1 unspecified atom stereocenters. The van der Waals surface area contributed by atoms with E-state index in [1.54, 1.807) is 0 Å². The van der Waals surface area contributed by atoms with Crippen molar-refractivity contribution in [2.24, 2.45) is 5.73 Å². The van der Waals surface area contributed by atoms with E-state index in [9.17, 15) is 0 Å². The molecule has 25 heavy (non-hydrogen) atoms. The van der Waals surface area contributed by atoms with Gasteiger partial charge in [0, 0.05) is 25.3 Å². The van der Waals surface area contributed by atoms with Gasteiger partial charge in [0.25, 0.3) is 0 Å². The Morgan fingerprint density at radius 2 is 2.16 bits per heavy atom. The van der Waals surface area contributed by atoms with Crippen LogP contribution < -0.4 is 11.2 Å². The summed E-state index contributed by atoms with van der Waals surface area (Å²) in [4.78, 5) is 2.31. The largest absolute Gasteiger partial charge is 0.378 e. The predicted molar refractivity (Wildman–Crippen MR) is 104 cm³/mol. The average Bonchev–Trinajstić information content (AvgIpc) is 3.01. The van der Waals surface area contributed by atoms with Crippen LogP contribution in [-0.2, 0) is 4.74 Å². The third kappa shape index (κ3) is 4.95. The molecule has 1 saturated heterocycles. The van der Waals surface area contributed by atoms with Crippen LogP contribution in [0.1, 0.15) is 13.8 Å². The van der Waals surface area contributed by atoms with Crippen molar-refractivity contribution in [1.82, 2.24) is 15.3 Å². The maximum absolute atomic E-state index is 5.77. The Balaban J connectivity index is 2.28. The van der Waals surface area contributed by atoms with Gasteiger partial charge in [-0.15, -0.1) is 0 Å². The van der Waals surface area contributed by atoms with Gasteiger partial charge in [0.1, 0.15) is 5.82 Å². The molecule has 136 valence electrons. The number of hydrazine groups is 1. The van der Waals surface area contributed by atoms with Crippen molar-refractivity contribution in [3.8, 4) is 0 Å². The van der Waals surface area contributed by atoms with Crippen LogP contribution in [0.2, 0.25) is 0 Å². The highest BCUT2D eigenvalue weighted by Gasteiger charge is 2.28. The summed E-state index contributed by atoms with van der Waals surface area (Å²) in [6.45, 7) is 15.6. The summed E-state index contributed by atoms with van der Waals surface area (Å²) in [6.07, 6.45) is 12.3. The van der Waals surface area contributed by atoms with Gasteiger partial charge in [-0.1, -0.05) is 37.5 Å². The average molecular weight is 342 g/mol. The molecule has 1 atom stereocenters. The standard InChI is InChI=1S/C20H30N4O/c1-5-7-18(8-6-2)19-14-17(4)24(22-19)20(13-16(3)15-21)23-9-11-25-12-10-23/h5-8,13-14,19,22H,1,3,9-12,15,21H2,2,4H3/b8-6-,18-7+,20-13-. The third-order valence-corrected chi connectivity index (χ3v) is 4.22. The molecule has 0 aliphatic carbocycles. The van der Waals surface area contributed by atoms with E-state index in [0.29, 0.717) is 6.54 Å². The lowest BCUT2D eigenvalue weighted by molar-refractivity contribution is 0.0369. The van der Waals surface area contributed by atoms with E-state index in [2.05, 4.69) is 53.6 Å². The first-order chi connectivity index (χ1) is 12.1. The lowest BCUT2D eigenvalue weighted by Gasteiger charge is -2.37. The highest BCUT2D eigenvalue weighted by molar-refractivity contribution is 5.36. The molecular weight excluding hydrogens is 312 g/mol. The van der Waals surface area contributed by atoms with E-state index >= 15 is 0 Å². The first-order valence-electron chi connectivity index (χ1n) is 8.73. The van der Waals surface area contributed by atoms with Gasteiger partial charge in [-0.25, -0.2) is 5.43 Å². The Hall–Kier alpha value is -2.08. The van der Waals surface area contributed by atoms with Crippen LogP contribution >= 0.6 is 0 Å². The Bertz CT molecular complexity index is 609. The van der Waals surface area contributed by atoms with E-state index in [0.717, 1.165) is 43.4 Å². The molecule has 2 aliphatic rings. The van der Waals surface area contributed by atoms with Crippen LogP contribution in [0.15, 0.2) is 72.3 Å². The first-order valence-corrected chi connectivity index (χ1v) is 8.73. The van der Waals surface area contributed by atoms with Crippen molar-refractivity contribution < 1.29 is 4.74 Å². The quantitative estimate of drug-likeness (QED) is 0.696. The Morgan fingerprint density at radius 1 is 1.44 bits per heavy atom. The molecule has 0 saturated carbocycles. The highest BCUT2D eigenvalue weighted by atomic mass is 16.5. The van der Waals surface area contributed by atoms with Gasteiger partial charge in [-0.3, -0.25) is 5.01 Å². The van der Waals surface area contributed by atoms with Gasteiger partial charge in [-0.05, 0) is 37.1 Å². The SMILES string of the molecule is C=C/C=C(\C=C/C)C1C=C(C)N(/C(=C\C(=C)CN)N2CCOCC2)N1. The van der Waals surface area contributed by atoms with Gasteiger partial charge in [0.15, 0.2) is 0 Å². The minimum absolute atomic E-state index is 0.102. The monoisotopic (exact) mass is 342 g/mol. The number of morpholine rings is 1. The molecule has 0 aromatic rings. The molecule has 0 aromatic heterocycles. The molecule has 5 nitrogen and oxygen atoms in total. The Labute approximate surface area is 151 Å². The van der Waals surface area contributed by atoms with E-state index < -0.39 is 0 Å². The zero-order valence-electron chi connectivity index (χ0n) is 15.4. The summed E-state index contributed by atoms with van der Waals surface area (Å²) in [7, 11) is 0. The number of ether oxygens (including phenoxy) is 1. The summed E-state index contributed by atoms with van der Waals surface area (Å²) in [5.74, 6) is 1.06. The number of nitrogens with one attached hydrogen (secondary N) is 1. The second kappa shape index (κ2) is 9.42. The van der Waals surface area contributed by atoms with Crippen molar-refractivity contribution in [3.63, 3.8) is 0 Å². The molecule has 0 spiro atoms. The Morgan fingerprint density at radius 3 is 2.76 bits per heavy atom. The first kappa shape index (κ1) is 19.2. The maximum Gasteiger partial charge on any atom is 0.123 e. The third-order valence-electron chi connectivity index (χ3n) is 4.22. The number of hydrogen-bond donors (Lipinski definition) is 2. The minimum Gasteiger partial charge on any atom is -0.378 e. The van der Waals surface area contributed by atoms with Crippen LogP contribution in [0.3, 0.4) is 0 Å². The number of nitrogens with zero attached hydrogens (tertiary/aromatic N) is 2. The molecule has 2 aliphatic heterocycles. The molecule has 3 N–H and O–H groups in total. The number of allylic oxidation sites excluding steroid dienone is 4. The number of nitrogens with two attached hydrogens (primary N) is 1. The molecule has 0 bridgehead atoms. The van der Waals surface area contributed by atoms with Crippen LogP contribution in [0.4, 0.5) is 0 Å². The smallest absolute Gasteiger partial charge is 0.123 e. The lowest BCUT2D eigenvalue weighted by Crippen LogP contribution is -2.46. The molecule has 0 radical (unpaired) electrons. The van der Waals surface area contributed by atoms with Crippen molar-refractivity contribution >= 4 is 0 Å². The molecule has 5 heteroatoms. The lowest BCUT2D eigenvalue weighted by atomic mass is 10.1. The van der Waals surface area contributed by atoms with Crippen LogP contribution in [0.25, 0.3) is 0 Å². The van der Waals surface area contributed by atoms with Crippen molar-refractivity contribution in [2.45, 2.75) is 19.9 Å². The van der Waals surface area contributed by atoms with Crippen molar-refractivity contribution in [3.05, 3.63) is 72.3 Å². The molecular formula is C20H30N4O. The van der Waals surface area contributed by atoms with Crippen molar-refractivity contribution in [1.29, 1.82) is 0 Å². The van der Waals surface area contributed by atoms with Gasteiger partial charge < -0.3 is 15.4 Å². The summed E-state index contributed by atoms with van der Waals surface area (Å²) in [5.41, 5.74) is 12.6. The Kier molecular flexibility index (Phi) is 7.25. The fourth-order valence-corrected chi connectivity index (χ4v) is 2.93. The van der Waals surface area contributed by atoms with Gasteiger partial charge in [0.2, 0.25) is 0 Å². The maximum atomic E-state index is 5.77. The molecule has 0 amide bonds. The highest BCUT2D eigenvalue weighted by Crippen LogP contribution is 2.25. The van der Waals surface area contributed by atoms with E-state index in [4.69, 9.17) is 10.5 Å². The summed E-state index contributed by atoms with van der Waals surface area (Å²) >= 11 is 0. The summed E-state index contributed by atoms with van der Waals surface area (Å²) in [6, 6.07) is 0.102. The van der Waals surface area contributed by atoms with E-state index in [1.807, 2.05) is 25.2 Å². The van der Waals surface area contributed by atoms with Crippen LogP contribution in [-0.4, -0.2) is 48.8 Å². The van der Waals surface area contributed by atoms with Crippen molar-refractivity contribution in [2.75, 3.05) is 32.8 Å². The number of hydrogen-bond acceptors (Lipinski definition) is 5. The minimum atomic E-state index is 0.102. The fourth-order valence-electron chi connectivity index (χ4n) is 2.93. The van der Waals surface area contributed by atoms with E-state index in [-0.39, 0.29) is 6.04 Å². The summed E-state index contributed by atoms with van der Waals surface area (Å²) < 4.78 is 5.50. The molecule has 2 heterocycles. The van der Waals surface area contributed by atoms with E-state index in [1.165, 1.54) is 5.57 Å². The van der Waals surface area contributed by atoms with Crippen LogP contribution in [0.5, 0.6) is 0 Å². The zero-order chi connectivity index (χ0) is 18.2. The zero-order valence-corrected chi connectivity index (χ0v) is 15.4. The second-order valence-corrected chi connectivity index (χ2v) is 6.12. The fraction of sp³-hybridized carbons (Fsp3) is 0.400. The summed E-state index contributed by atoms with van der Waals surface area (Å²) in [5, 5.41) is 2.12. The topological polar surface area (TPSA) is 53.8 Å². The van der Waals surface area contributed by atoms with Gasteiger partial charge in [-0.2, -0.15) is 0 Å². The molecule has 0 aromatic carbocycles. The van der Waals surface area contributed by atoms with Crippen LogP contribution in [0, 0.1) is 0 Å². The predicted octanol–water partition coefficient (Wildman–Crippen LogP) is 2.46. The second-order valence-electron chi connectivity index (χ2n) is 6.12. The normalized spacial score (nSPS) is 22.5. The van der Waals surface area contributed by atoms with Gasteiger partial charge in [0.05, 0.1) is 19.3 Å². The molecule has 2 rings (SSSR count).